The number of amides is 4. The molecule has 8 rings (SSSR count). The maximum Gasteiger partial charge on any atom is 0.410 e. The molecule has 4 aromatic carbocycles. The van der Waals surface area contributed by atoms with Gasteiger partial charge in [-0.25, -0.2) is 4.79 Å². The molecule has 3 aliphatic rings. The molecule has 4 N–H and O–H groups in total. The number of carbonyl (C=O) groups is 7. The molecule has 1 aromatic heterocycles. The highest BCUT2D eigenvalue weighted by Gasteiger charge is 2.56. The topological polar surface area (TPSA) is 281 Å². The minimum atomic E-state index is -5.60. The SMILES string of the molecule is C/C(=C\C(=O)N[C@H]1CCc2cccc3c2N(C1=O)[C@H](C(=O)NC(CCC(N)=O)[C@@H](C)OCc1ccc(CCCOCCCCCCCOCCCc2ccc4c(c2)n(C)c(=O)n4C2CCC(=O)CC2)cc1)C3)c1ccc(C(F)(F)P(=O)(OCOC(=O)C(C)(C)C)OCOC(=O)C(C)(C)C)cc1. The Kier molecular flexibility index (Phi) is 28.1. The number of allylic oxidation sites excluding steroid dienone is 1. The van der Waals surface area contributed by atoms with Crippen molar-refractivity contribution in [2.75, 3.05) is 44.9 Å². The smallest absolute Gasteiger partial charge is 0.410 e. The Morgan fingerprint density at radius 3 is 1.87 bits per heavy atom. The molecule has 5 aromatic rings. The third kappa shape index (κ3) is 21.4. The summed E-state index contributed by atoms with van der Waals surface area (Å²) >= 11 is 0. The zero-order chi connectivity index (χ0) is 73.2. The van der Waals surface area contributed by atoms with Crippen molar-refractivity contribution >= 4 is 71.2 Å². The van der Waals surface area contributed by atoms with Crippen LogP contribution in [-0.4, -0.2) is 115 Å². The number of nitrogens with zero attached hydrogens (tertiary/aromatic N) is 3. The Balaban J connectivity index is 0.749. The Morgan fingerprint density at radius 2 is 1.27 bits per heavy atom. The van der Waals surface area contributed by atoms with Gasteiger partial charge in [0.25, 0.3) is 0 Å². The fourth-order valence-electron chi connectivity index (χ4n) is 12.6. The second-order valence-corrected chi connectivity index (χ2v) is 30.8. The van der Waals surface area contributed by atoms with Gasteiger partial charge >= 0.3 is 30.9 Å². The molecule has 1 fully saturated rings. The highest BCUT2D eigenvalue weighted by Crippen LogP contribution is 2.67. The molecule has 0 radical (unpaired) electrons. The number of unbranched alkanes of at least 4 members (excludes halogenated alkanes) is 4. The van der Waals surface area contributed by atoms with Crippen LogP contribution in [0.25, 0.3) is 16.6 Å². The number of aryl methyl sites for hydroxylation is 4. The predicted molar refractivity (Wildman–Crippen MR) is 378 cm³/mol. The number of hydrogen-bond donors (Lipinski definition) is 3. The number of carbonyl (C=O) groups excluding carboxylic acids is 7. The average Bonchev–Trinajstić information content (AvgIpc) is 1.67. The van der Waals surface area contributed by atoms with Crippen LogP contribution in [0.5, 0.6) is 0 Å². The van der Waals surface area contributed by atoms with Crippen LogP contribution in [0.4, 0.5) is 14.5 Å². The number of fused-ring (bicyclic) bond motifs is 1. The first kappa shape index (κ1) is 79.0. The van der Waals surface area contributed by atoms with E-state index in [0.29, 0.717) is 49.3 Å². The van der Waals surface area contributed by atoms with Crippen molar-refractivity contribution in [1.29, 1.82) is 0 Å². The maximum atomic E-state index is 16.3. The summed E-state index contributed by atoms with van der Waals surface area (Å²) < 4.78 is 88.1. The molecule has 3 heterocycles. The number of Topliss-reactive ketones (excluding diaryl/α,β-unsaturated/α-hetero) is 1. The van der Waals surface area contributed by atoms with Crippen molar-refractivity contribution in [3.63, 3.8) is 0 Å². The number of alkyl halides is 2. The normalized spacial score (nSPS) is 16.8. The first-order valence-corrected chi connectivity index (χ1v) is 36.8. The van der Waals surface area contributed by atoms with Crippen LogP contribution in [0, 0.1) is 10.8 Å². The minimum absolute atomic E-state index is 0.0181. The highest BCUT2D eigenvalue weighted by atomic mass is 31.2. The van der Waals surface area contributed by atoms with Crippen LogP contribution < -0.4 is 27.0 Å². The van der Waals surface area contributed by atoms with Gasteiger partial charge in [0.15, 0.2) is 0 Å². The number of nitrogens with one attached hydrogen (secondary N) is 2. The van der Waals surface area contributed by atoms with Crippen molar-refractivity contribution in [3.05, 3.63) is 140 Å². The summed E-state index contributed by atoms with van der Waals surface area (Å²) in [4.78, 5) is 106. The number of anilines is 1. The zero-order valence-electron chi connectivity index (χ0n) is 59.9. The van der Waals surface area contributed by atoms with Crippen LogP contribution in [-0.2, 0) is 116 Å². The van der Waals surface area contributed by atoms with E-state index in [1.54, 1.807) is 18.4 Å². The molecule has 0 bridgehead atoms. The van der Waals surface area contributed by atoms with Crippen molar-refractivity contribution in [1.82, 2.24) is 19.8 Å². The van der Waals surface area contributed by atoms with Crippen molar-refractivity contribution in [3.8, 4) is 0 Å². The molecule has 1 saturated carbocycles. The molecule has 2 aliphatic heterocycles. The first-order valence-electron chi connectivity index (χ1n) is 35.3. The average molecular weight is 1420 g/mol. The van der Waals surface area contributed by atoms with Crippen molar-refractivity contribution in [2.24, 2.45) is 23.6 Å². The third-order valence-electron chi connectivity index (χ3n) is 18.7. The number of ether oxygens (including phenoxy) is 5. The van der Waals surface area contributed by atoms with E-state index in [0.717, 1.165) is 129 Å². The lowest BCUT2D eigenvalue weighted by Crippen LogP contribution is -2.56. The summed E-state index contributed by atoms with van der Waals surface area (Å²) in [6, 6.07) is 21.7. The molecule has 1 aliphatic carbocycles. The van der Waals surface area contributed by atoms with Gasteiger partial charge in [-0.15, -0.1) is 0 Å². The largest absolute Gasteiger partial charge is 0.438 e. The molecule has 25 heteroatoms. The fourth-order valence-corrected chi connectivity index (χ4v) is 13.9. The van der Waals surface area contributed by atoms with Gasteiger partial charge in [0.1, 0.15) is 17.9 Å². The third-order valence-corrected chi connectivity index (χ3v) is 20.5. The van der Waals surface area contributed by atoms with Gasteiger partial charge in [0, 0.05) is 76.8 Å². The number of esters is 2. The van der Waals surface area contributed by atoms with Crippen LogP contribution >= 0.6 is 7.60 Å². The molecule has 22 nitrogen and oxygen atoms in total. The molecule has 101 heavy (non-hydrogen) atoms. The predicted octanol–water partition coefficient (Wildman–Crippen LogP) is 12.1. The number of nitrogens with two attached hydrogens (primary N) is 1. The Hall–Kier alpha value is -7.73. The number of para-hydroxylation sites is 1. The maximum absolute atomic E-state index is 16.3. The fraction of sp³-hybridized carbons (Fsp3) is 0.553. The lowest BCUT2D eigenvalue weighted by molar-refractivity contribution is -0.163. The summed E-state index contributed by atoms with van der Waals surface area (Å²) in [5.74, 6) is -3.61. The van der Waals surface area contributed by atoms with E-state index in [1.807, 2.05) is 41.9 Å². The standard InChI is InChI=1S/C76H101F2N6O16P/c1-50(55-27-30-58(31-28-55)76(77,78)101(93,99-48-97-71(90)74(3,4)5)100-49-98-72(91)75(6,7)8)44-67(87)80-62-36-29-56-20-15-21-57-46-65(84(68(56)57)70(62)89)69(88)81-61(37-39-66(79)86)51(2)96-47-54-24-22-52(23-25-54)18-16-42-94-40-13-11-10-12-14-41-95-43-17-19-53-26-38-63-64(45-53)82(9)73(92)83(63)59-32-34-60(85)35-33-59/h15,20-28,30-31,38,44-45,51,59,61-62,65H,10-14,16-19,29,32-37,39-43,46-49H2,1-9H3,(H2,79,86)(H,80,87)(H,81,88)/b50-44+/t51-,61?,62+,65+/m1/s1. The summed E-state index contributed by atoms with van der Waals surface area (Å²) in [6.45, 7) is 13.2. The lowest BCUT2D eigenvalue weighted by Gasteiger charge is -2.31. The first-order chi connectivity index (χ1) is 47.9. The van der Waals surface area contributed by atoms with E-state index >= 15 is 8.78 Å². The number of imidazole rings is 1. The van der Waals surface area contributed by atoms with Crippen molar-refractivity contribution < 1.29 is 79.6 Å². The van der Waals surface area contributed by atoms with E-state index in [1.165, 1.54) is 70.2 Å². The van der Waals surface area contributed by atoms with Crippen LogP contribution in [0.2, 0.25) is 0 Å². The van der Waals surface area contributed by atoms with E-state index in [4.69, 9.17) is 38.5 Å². The van der Waals surface area contributed by atoms with Gasteiger partial charge in [0.05, 0.1) is 46.3 Å². The Labute approximate surface area is 590 Å². The number of halogens is 2. The molecule has 4 atom stereocenters. The molecular weight excluding hydrogens is 1320 g/mol. The van der Waals surface area contributed by atoms with Crippen LogP contribution in [0.1, 0.15) is 190 Å². The minimum Gasteiger partial charge on any atom is -0.438 e. The molecule has 0 spiro atoms. The number of hydrogen-bond acceptors (Lipinski definition) is 16. The van der Waals surface area contributed by atoms with E-state index in [-0.39, 0.29) is 49.8 Å². The molecule has 0 saturated heterocycles. The lowest BCUT2D eigenvalue weighted by atomic mass is 9.94. The second-order valence-electron chi connectivity index (χ2n) is 28.7. The van der Waals surface area contributed by atoms with E-state index in [2.05, 4.69) is 41.0 Å². The van der Waals surface area contributed by atoms with Gasteiger partial charge in [-0.3, -0.25) is 61.2 Å². The van der Waals surface area contributed by atoms with Gasteiger partial charge in [-0.2, -0.15) is 8.78 Å². The summed E-state index contributed by atoms with van der Waals surface area (Å²) in [7, 11) is -3.78. The Morgan fingerprint density at radius 1 is 0.703 bits per heavy atom. The van der Waals surface area contributed by atoms with Gasteiger partial charge in [0.2, 0.25) is 37.2 Å². The van der Waals surface area contributed by atoms with Gasteiger partial charge in [-0.1, -0.05) is 92.1 Å². The number of ketones is 1. The monoisotopic (exact) mass is 1420 g/mol. The number of rotatable bonds is 37. The summed E-state index contributed by atoms with van der Waals surface area (Å²) in [5, 5.41) is 5.88. The quantitative estimate of drug-likeness (QED) is 0.0110. The van der Waals surface area contributed by atoms with Crippen LogP contribution in [0.15, 0.2) is 95.8 Å². The molecule has 1 unspecified atom stereocenters. The molecule has 4 amide bonds. The second kappa shape index (κ2) is 35.9. The van der Waals surface area contributed by atoms with Crippen molar-refractivity contribution in [2.45, 2.75) is 214 Å². The van der Waals surface area contributed by atoms with Crippen LogP contribution in [0.3, 0.4) is 0 Å². The zero-order valence-corrected chi connectivity index (χ0v) is 60.8. The Bertz CT molecular complexity index is 3810. The van der Waals surface area contributed by atoms with Gasteiger partial charge < -0.3 is 40.1 Å². The van der Waals surface area contributed by atoms with E-state index < -0.39 is 103 Å². The molecular formula is C76H101F2N6O16P. The molecule has 550 valence electrons. The van der Waals surface area contributed by atoms with Gasteiger partial charge in [-0.05, 0) is 177 Å². The summed E-state index contributed by atoms with van der Waals surface area (Å²) in [6.07, 6.45) is 12.9. The summed E-state index contributed by atoms with van der Waals surface area (Å²) in [5.41, 5.74) is 6.21. The number of aromatic nitrogens is 2. The number of primary amides is 1. The number of benzene rings is 4. The van der Waals surface area contributed by atoms with E-state index in [9.17, 15) is 42.9 Å². The highest BCUT2D eigenvalue weighted by molar-refractivity contribution is 7.54.